The fourth-order valence-corrected chi connectivity index (χ4v) is 1.99. The first-order chi connectivity index (χ1) is 8.29. The lowest BCUT2D eigenvalue weighted by molar-refractivity contribution is 1.19. The van der Waals surface area contributed by atoms with Gasteiger partial charge in [0.05, 0.1) is 11.4 Å². The molecule has 2 aromatic carbocycles. The summed E-state index contributed by atoms with van der Waals surface area (Å²) in [6.07, 6.45) is 2.02. The molecule has 0 atom stereocenters. The Morgan fingerprint density at radius 3 is 2.35 bits per heavy atom. The molecule has 0 unspecified atom stereocenters. The van der Waals surface area contributed by atoms with Crippen molar-refractivity contribution in [3.8, 4) is 0 Å². The molecule has 0 N–H and O–H groups in total. The van der Waals surface area contributed by atoms with Crippen LogP contribution in [0.4, 0.5) is 11.4 Å². The smallest absolute Gasteiger partial charge is 0.0992 e. The van der Waals surface area contributed by atoms with Crippen molar-refractivity contribution in [2.45, 2.75) is 4.90 Å². The fourth-order valence-electron chi connectivity index (χ4n) is 1.33. The lowest BCUT2D eigenvalue weighted by Gasteiger charge is -1.99. The van der Waals surface area contributed by atoms with E-state index in [0.717, 1.165) is 16.3 Å². The van der Waals surface area contributed by atoms with Crippen molar-refractivity contribution in [3.63, 3.8) is 0 Å². The molecule has 0 aliphatic carbocycles. The average molecular weight is 263 g/mol. The number of thioether (sulfide) groups is 1. The maximum atomic E-state index is 5.80. The Bertz CT molecular complexity index is 523. The molecule has 0 radical (unpaired) electrons. The van der Waals surface area contributed by atoms with Gasteiger partial charge in [-0.2, -0.15) is 5.11 Å². The van der Waals surface area contributed by atoms with Crippen LogP contribution in [0.25, 0.3) is 0 Å². The highest BCUT2D eigenvalue weighted by atomic mass is 35.5. The van der Waals surface area contributed by atoms with Crippen molar-refractivity contribution in [1.82, 2.24) is 0 Å². The molecule has 2 nitrogen and oxygen atoms in total. The minimum atomic E-state index is 0.702. The predicted molar refractivity (Wildman–Crippen MR) is 73.9 cm³/mol. The van der Waals surface area contributed by atoms with E-state index < -0.39 is 0 Å². The van der Waals surface area contributed by atoms with Gasteiger partial charge in [0.15, 0.2) is 0 Å². The van der Waals surface area contributed by atoms with Gasteiger partial charge in [0.1, 0.15) is 0 Å². The van der Waals surface area contributed by atoms with Crippen molar-refractivity contribution in [1.29, 1.82) is 0 Å². The van der Waals surface area contributed by atoms with Gasteiger partial charge in [-0.25, -0.2) is 0 Å². The average Bonchev–Trinajstić information content (AvgIpc) is 2.38. The molecule has 2 aromatic rings. The molecule has 0 aromatic heterocycles. The molecule has 0 aliphatic rings. The van der Waals surface area contributed by atoms with Crippen LogP contribution in [-0.4, -0.2) is 6.26 Å². The van der Waals surface area contributed by atoms with Crippen LogP contribution < -0.4 is 0 Å². The Kier molecular flexibility index (Phi) is 4.18. The van der Waals surface area contributed by atoms with Crippen molar-refractivity contribution < 1.29 is 0 Å². The molecule has 0 bridgehead atoms. The molecule has 0 saturated heterocycles. The zero-order chi connectivity index (χ0) is 12.1. The maximum absolute atomic E-state index is 5.80. The second-order valence-corrected chi connectivity index (χ2v) is 4.63. The topological polar surface area (TPSA) is 24.7 Å². The van der Waals surface area contributed by atoms with Crippen molar-refractivity contribution >= 4 is 34.7 Å². The van der Waals surface area contributed by atoms with Gasteiger partial charge in [0.25, 0.3) is 0 Å². The van der Waals surface area contributed by atoms with E-state index in [9.17, 15) is 0 Å². The van der Waals surface area contributed by atoms with Crippen LogP contribution in [-0.2, 0) is 0 Å². The Hall–Kier alpha value is -1.32. The SMILES string of the molecule is CSc1ccccc1N=Nc1ccc(Cl)cc1. The van der Waals surface area contributed by atoms with Crippen molar-refractivity contribution in [2.75, 3.05) is 6.26 Å². The molecule has 0 fully saturated rings. The van der Waals surface area contributed by atoms with Gasteiger partial charge in [0.2, 0.25) is 0 Å². The monoisotopic (exact) mass is 262 g/mol. The van der Waals surface area contributed by atoms with E-state index in [1.807, 2.05) is 42.7 Å². The van der Waals surface area contributed by atoms with E-state index in [0.29, 0.717) is 5.02 Å². The molecule has 0 spiro atoms. The number of hydrogen-bond acceptors (Lipinski definition) is 3. The van der Waals surface area contributed by atoms with E-state index >= 15 is 0 Å². The minimum Gasteiger partial charge on any atom is -0.151 e. The summed E-state index contributed by atoms with van der Waals surface area (Å²) in [6, 6.07) is 15.2. The van der Waals surface area contributed by atoms with Crippen LogP contribution in [0.3, 0.4) is 0 Å². The summed E-state index contributed by atoms with van der Waals surface area (Å²) in [5.74, 6) is 0. The number of hydrogen-bond donors (Lipinski definition) is 0. The summed E-state index contributed by atoms with van der Waals surface area (Å²) in [5, 5.41) is 9.12. The van der Waals surface area contributed by atoms with Crippen molar-refractivity contribution in [2.24, 2.45) is 10.2 Å². The minimum absolute atomic E-state index is 0.702. The summed E-state index contributed by atoms with van der Waals surface area (Å²) >= 11 is 7.46. The second kappa shape index (κ2) is 5.84. The third-order valence-electron chi connectivity index (χ3n) is 2.19. The number of azo groups is 1. The van der Waals surface area contributed by atoms with Gasteiger partial charge in [-0.3, -0.25) is 0 Å². The number of halogens is 1. The highest BCUT2D eigenvalue weighted by molar-refractivity contribution is 7.98. The Balaban J connectivity index is 2.22. The van der Waals surface area contributed by atoms with Gasteiger partial charge in [-0.05, 0) is 42.7 Å². The second-order valence-electron chi connectivity index (χ2n) is 3.35. The van der Waals surface area contributed by atoms with Gasteiger partial charge >= 0.3 is 0 Å². The molecule has 0 saturated carbocycles. The van der Waals surface area contributed by atoms with Gasteiger partial charge < -0.3 is 0 Å². The molecular formula is C13H11ClN2S. The lowest BCUT2D eigenvalue weighted by atomic mass is 10.3. The lowest BCUT2D eigenvalue weighted by Crippen LogP contribution is -1.70. The van der Waals surface area contributed by atoms with E-state index in [2.05, 4.69) is 10.2 Å². The number of rotatable bonds is 3. The van der Waals surface area contributed by atoms with Gasteiger partial charge in [0, 0.05) is 9.92 Å². The van der Waals surface area contributed by atoms with Crippen LogP contribution in [0.5, 0.6) is 0 Å². The van der Waals surface area contributed by atoms with Gasteiger partial charge in [-0.15, -0.1) is 16.9 Å². The first-order valence-electron chi connectivity index (χ1n) is 5.10. The molecule has 17 heavy (non-hydrogen) atoms. The molecule has 0 amide bonds. The third kappa shape index (κ3) is 3.32. The van der Waals surface area contributed by atoms with E-state index in [-0.39, 0.29) is 0 Å². The number of benzene rings is 2. The van der Waals surface area contributed by atoms with E-state index in [1.54, 1.807) is 23.9 Å². The van der Waals surface area contributed by atoms with Crippen LogP contribution in [0.1, 0.15) is 0 Å². The highest BCUT2D eigenvalue weighted by Gasteiger charge is 1.98. The highest BCUT2D eigenvalue weighted by Crippen LogP contribution is 2.29. The van der Waals surface area contributed by atoms with Crippen LogP contribution >= 0.6 is 23.4 Å². The Morgan fingerprint density at radius 2 is 1.65 bits per heavy atom. The molecule has 2 rings (SSSR count). The molecular weight excluding hydrogens is 252 g/mol. The molecule has 86 valence electrons. The van der Waals surface area contributed by atoms with E-state index in [4.69, 9.17) is 11.6 Å². The normalized spacial score (nSPS) is 10.9. The zero-order valence-corrected chi connectivity index (χ0v) is 10.9. The van der Waals surface area contributed by atoms with E-state index in [1.165, 1.54) is 0 Å². The largest absolute Gasteiger partial charge is 0.151 e. The standard InChI is InChI=1S/C13H11ClN2S/c1-17-13-5-3-2-4-12(13)16-15-11-8-6-10(14)7-9-11/h2-9H,1H3. The molecule has 4 heteroatoms. The Labute approximate surface area is 110 Å². The number of nitrogens with zero attached hydrogens (tertiary/aromatic N) is 2. The molecule has 0 aliphatic heterocycles. The Morgan fingerprint density at radius 1 is 0.941 bits per heavy atom. The van der Waals surface area contributed by atoms with Crippen LogP contribution in [0.15, 0.2) is 63.7 Å². The quantitative estimate of drug-likeness (QED) is 0.531. The summed E-state index contributed by atoms with van der Waals surface area (Å²) in [4.78, 5) is 1.12. The molecule has 0 heterocycles. The fraction of sp³-hybridized carbons (Fsp3) is 0.0769. The van der Waals surface area contributed by atoms with Crippen LogP contribution in [0, 0.1) is 0 Å². The first kappa shape index (κ1) is 12.1. The summed E-state index contributed by atoms with van der Waals surface area (Å²) in [5.41, 5.74) is 1.68. The first-order valence-corrected chi connectivity index (χ1v) is 6.70. The van der Waals surface area contributed by atoms with Crippen molar-refractivity contribution in [3.05, 3.63) is 53.6 Å². The zero-order valence-electron chi connectivity index (χ0n) is 9.30. The van der Waals surface area contributed by atoms with Gasteiger partial charge in [-0.1, -0.05) is 23.7 Å². The summed E-state index contributed by atoms with van der Waals surface area (Å²) < 4.78 is 0. The third-order valence-corrected chi connectivity index (χ3v) is 3.22. The summed E-state index contributed by atoms with van der Waals surface area (Å²) in [6.45, 7) is 0. The van der Waals surface area contributed by atoms with Crippen LogP contribution in [0.2, 0.25) is 5.02 Å². The maximum Gasteiger partial charge on any atom is 0.0992 e. The summed E-state index contributed by atoms with van der Waals surface area (Å²) in [7, 11) is 0. The predicted octanol–water partition coefficient (Wildman–Crippen LogP) is 5.48.